The first-order valence-corrected chi connectivity index (χ1v) is 5.88. The smallest absolute Gasteiger partial charge is 0.273 e. The van der Waals surface area contributed by atoms with Crippen LogP contribution in [0.4, 0.5) is 0 Å². The van der Waals surface area contributed by atoms with Crippen molar-refractivity contribution in [1.29, 1.82) is 0 Å². The van der Waals surface area contributed by atoms with Crippen LogP contribution in [-0.2, 0) is 32.6 Å². The van der Waals surface area contributed by atoms with Gasteiger partial charge in [-0.1, -0.05) is 12.1 Å². The first kappa shape index (κ1) is 15.0. The van der Waals surface area contributed by atoms with Gasteiger partial charge in [0.25, 0.3) is 0 Å². The van der Waals surface area contributed by atoms with Gasteiger partial charge in [-0.3, -0.25) is 6.08 Å². The fourth-order valence-electron chi connectivity index (χ4n) is 1.89. The SMILES string of the molecule is C=CC[c-]1ccc2ccccc21.[C-]1=CC=CC1.[Zr+2]. The summed E-state index contributed by atoms with van der Waals surface area (Å²) < 4.78 is 0. The maximum atomic E-state index is 3.74. The van der Waals surface area contributed by atoms with Gasteiger partial charge < -0.3 is 0 Å². The average Bonchev–Trinajstić information content (AvgIpc) is 3.02. The quantitative estimate of drug-likeness (QED) is 0.562. The monoisotopic (exact) mass is 310 g/mol. The molecule has 0 saturated carbocycles. The van der Waals surface area contributed by atoms with Crippen LogP contribution in [0.2, 0.25) is 0 Å². The molecule has 0 unspecified atom stereocenters. The maximum absolute atomic E-state index is 3.74. The van der Waals surface area contributed by atoms with Gasteiger partial charge in [-0.25, -0.2) is 12.2 Å². The first-order valence-electron chi connectivity index (χ1n) is 5.88. The molecular weight excluding hydrogens is 295 g/mol. The molecular formula is C17H16Zr. The van der Waals surface area contributed by atoms with Gasteiger partial charge in [0.1, 0.15) is 0 Å². The largest absolute Gasteiger partial charge is 2.00 e. The summed E-state index contributed by atoms with van der Waals surface area (Å²) >= 11 is 0. The Kier molecular flexibility index (Phi) is 6.75. The van der Waals surface area contributed by atoms with E-state index in [0.29, 0.717) is 0 Å². The fourth-order valence-corrected chi connectivity index (χ4v) is 1.89. The Bertz CT molecular complexity index is 533. The number of hydrogen-bond acceptors (Lipinski definition) is 0. The van der Waals surface area contributed by atoms with Crippen molar-refractivity contribution in [3.63, 3.8) is 0 Å². The Hall–Kier alpha value is -1.07. The molecule has 0 saturated heterocycles. The number of fused-ring (bicyclic) bond motifs is 1. The van der Waals surface area contributed by atoms with Crippen LogP contribution in [0, 0.1) is 6.08 Å². The second-order valence-electron chi connectivity index (χ2n) is 3.94. The van der Waals surface area contributed by atoms with Gasteiger partial charge in [0.15, 0.2) is 0 Å². The van der Waals surface area contributed by atoms with Crippen molar-refractivity contribution < 1.29 is 26.2 Å². The van der Waals surface area contributed by atoms with Crippen LogP contribution in [0.1, 0.15) is 12.0 Å². The molecule has 0 fully saturated rings. The topological polar surface area (TPSA) is 0 Å². The standard InChI is InChI=1S/C12H11.C5H5.Zr/c1-2-5-10-8-9-11-6-3-4-7-12(10)11;1-2-4-5-3-1;/h2-4,6-9H,1,5H2;1-3H,4H2;/q2*-1;+2. The molecule has 2 aromatic rings. The molecule has 18 heavy (non-hydrogen) atoms. The van der Waals surface area contributed by atoms with Gasteiger partial charge in [0, 0.05) is 0 Å². The summed E-state index contributed by atoms with van der Waals surface area (Å²) in [4.78, 5) is 0. The van der Waals surface area contributed by atoms with E-state index >= 15 is 0 Å². The Morgan fingerprint density at radius 3 is 2.72 bits per heavy atom. The van der Waals surface area contributed by atoms with Gasteiger partial charge in [-0.15, -0.1) is 53.6 Å². The predicted octanol–water partition coefficient (Wildman–Crippen LogP) is 4.59. The third kappa shape index (κ3) is 4.00. The van der Waals surface area contributed by atoms with E-state index in [2.05, 4.69) is 55.1 Å². The summed E-state index contributed by atoms with van der Waals surface area (Å²) in [6.45, 7) is 3.74. The van der Waals surface area contributed by atoms with Crippen LogP contribution in [0.3, 0.4) is 0 Å². The third-order valence-corrected chi connectivity index (χ3v) is 2.72. The van der Waals surface area contributed by atoms with Crippen molar-refractivity contribution in [2.75, 3.05) is 0 Å². The minimum atomic E-state index is 0. The Morgan fingerprint density at radius 1 is 1.28 bits per heavy atom. The molecule has 0 bridgehead atoms. The average molecular weight is 312 g/mol. The number of hydrogen-bond donors (Lipinski definition) is 0. The van der Waals surface area contributed by atoms with Crippen molar-refractivity contribution >= 4 is 10.8 Å². The van der Waals surface area contributed by atoms with Gasteiger partial charge in [0.05, 0.1) is 0 Å². The fraction of sp³-hybridized carbons (Fsp3) is 0.118. The second kappa shape index (κ2) is 8.11. The van der Waals surface area contributed by atoms with Gasteiger partial charge >= 0.3 is 26.2 Å². The minimum Gasteiger partial charge on any atom is -0.273 e. The van der Waals surface area contributed by atoms with Crippen molar-refractivity contribution in [3.8, 4) is 0 Å². The van der Waals surface area contributed by atoms with Crippen molar-refractivity contribution in [2.45, 2.75) is 12.8 Å². The first-order chi connectivity index (χ1) is 8.42. The summed E-state index contributed by atoms with van der Waals surface area (Å²) in [7, 11) is 0. The Labute approximate surface area is 128 Å². The van der Waals surface area contributed by atoms with Crippen molar-refractivity contribution in [3.05, 3.63) is 78.9 Å². The molecule has 3 rings (SSSR count). The molecule has 0 heterocycles. The van der Waals surface area contributed by atoms with E-state index in [0.717, 1.165) is 12.8 Å². The Morgan fingerprint density at radius 2 is 2.11 bits per heavy atom. The molecule has 0 amide bonds. The van der Waals surface area contributed by atoms with E-state index in [1.54, 1.807) is 0 Å². The molecule has 0 spiro atoms. The zero-order valence-corrected chi connectivity index (χ0v) is 12.9. The molecule has 1 aliphatic rings. The van der Waals surface area contributed by atoms with Crippen LogP contribution < -0.4 is 0 Å². The second-order valence-corrected chi connectivity index (χ2v) is 3.94. The Balaban J connectivity index is 0.000000230. The van der Waals surface area contributed by atoms with Gasteiger partial charge in [-0.2, -0.15) is 12.1 Å². The predicted molar refractivity (Wildman–Crippen MR) is 75.0 cm³/mol. The van der Waals surface area contributed by atoms with E-state index in [1.165, 1.54) is 16.3 Å². The van der Waals surface area contributed by atoms with E-state index in [-0.39, 0.29) is 26.2 Å². The van der Waals surface area contributed by atoms with Crippen LogP contribution in [0.5, 0.6) is 0 Å². The summed E-state index contributed by atoms with van der Waals surface area (Å²) in [6.07, 6.45) is 12.9. The zero-order valence-electron chi connectivity index (χ0n) is 10.4. The normalized spacial score (nSPS) is 11.8. The summed E-state index contributed by atoms with van der Waals surface area (Å²) in [5.41, 5.74) is 1.38. The molecule has 1 heteroatoms. The molecule has 0 aromatic heterocycles. The summed E-state index contributed by atoms with van der Waals surface area (Å²) in [5.74, 6) is 0. The van der Waals surface area contributed by atoms with Crippen molar-refractivity contribution in [1.82, 2.24) is 0 Å². The van der Waals surface area contributed by atoms with E-state index < -0.39 is 0 Å². The van der Waals surface area contributed by atoms with E-state index in [9.17, 15) is 0 Å². The van der Waals surface area contributed by atoms with Crippen LogP contribution in [-0.4, -0.2) is 0 Å². The van der Waals surface area contributed by atoms with E-state index in [1.807, 2.05) is 18.2 Å². The van der Waals surface area contributed by atoms with Crippen LogP contribution in [0.15, 0.2) is 67.3 Å². The van der Waals surface area contributed by atoms with Crippen molar-refractivity contribution in [2.24, 2.45) is 0 Å². The molecule has 88 valence electrons. The minimum absolute atomic E-state index is 0. The zero-order chi connectivity index (χ0) is 11.9. The third-order valence-electron chi connectivity index (χ3n) is 2.72. The maximum Gasteiger partial charge on any atom is 2.00 e. The van der Waals surface area contributed by atoms with E-state index in [4.69, 9.17) is 0 Å². The molecule has 0 nitrogen and oxygen atoms in total. The molecule has 0 aliphatic heterocycles. The van der Waals surface area contributed by atoms with Crippen LogP contribution >= 0.6 is 0 Å². The number of rotatable bonds is 2. The molecule has 2 aromatic carbocycles. The molecule has 1 aliphatic carbocycles. The van der Waals surface area contributed by atoms with Crippen LogP contribution in [0.25, 0.3) is 10.8 Å². The van der Waals surface area contributed by atoms with Gasteiger partial charge in [0.2, 0.25) is 0 Å². The number of benzene rings is 1. The molecule has 0 N–H and O–H groups in total. The molecule has 0 atom stereocenters. The number of allylic oxidation sites excluding steroid dienone is 5. The summed E-state index contributed by atoms with van der Waals surface area (Å²) in [6, 6.07) is 12.8. The molecule has 0 radical (unpaired) electrons. The van der Waals surface area contributed by atoms with Gasteiger partial charge in [-0.05, 0) is 6.42 Å². The summed E-state index contributed by atoms with van der Waals surface area (Å²) in [5, 5.41) is 2.69.